The first-order valence-electron chi connectivity index (χ1n) is 27.2. The first-order chi connectivity index (χ1) is 30.5. The lowest BCUT2D eigenvalue weighted by Crippen LogP contribution is -2.41. The van der Waals surface area contributed by atoms with Crippen LogP contribution in [0, 0.1) is 23.7 Å². The van der Waals surface area contributed by atoms with Crippen LogP contribution in [0.1, 0.15) is 245 Å². The van der Waals surface area contributed by atoms with Gasteiger partial charge in [0.1, 0.15) is 0 Å². The van der Waals surface area contributed by atoms with E-state index in [1.54, 1.807) is 0 Å². The van der Waals surface area contributed by atoms with Crippen LogP contribution in [0.15, 0.2) is 30.3 Å². The second-order valence-electron chi connectivity index (χ2n) is 19.5. The molecule has 0 N–H and O–H groups in total. The van der Waals surface area contributed by atoms with E-state index in [9.17, 15) is 9.59 Å². The number of ether oxygens (including phenoxy) is 3. The number of esters is 2. The average molecular weight is 868 g/mol. The van der Waals surface area contributed by atoms with Gasteiger partial charge in [0, 0.05) is 19.7 Å². The summed E-state index contributed by atoms with van der Waals surface area (Å²) in [6.45, 7) is 15.2. The topological polar surface area (TPSA) is 65.1 Å². The van der Waals surface area contributed by atoms with E-state index in [-0.39, 0.29) is 23.8 Å². The number of carbonyl (C=O) groups is 2. The molecule has 0 radical (unpaired) electrons. The van der Waals surface area contributed by atoms with Crippen molar-refractivity contribution in [2.75, 3.05) is 39.5 Å². The molecule has 1 saturated heterocycles. The van der Waals surface area contributed by atoms with Gasteiger partial charge in [-0.3, -0.25) is 9.59 Å². The van der Waals surface area contributed by atoms with E-state index in [4.69, 9.17) is 14.2 Å². The third-order valence-corrected chi connectivity index (χ3v) is 13.6. The van der Waals surface area contributed by atoms with Crippen LogP contribution < -0.4 is 0 Å². The van der Waals surface area contributed by atoms with Crippen molar-refractivity contribution in [2.45, 2.75) is 246 Å². The van der Waals surface area contributed by atoms with E-state index in [1.807, 2.05) is 0 Å². The standard InChI is InChI=1S/C56H101NO5/c1-5-9-13-17-19-26-40-53(38-24-15-11-7-3)55(58)61-44-31-28-36-51-46-52(48-57(47-51)42-30-33-43-60-49-50-34-22-21-23-35-50)37-29-32-45-62-56(59)54(39-25-16-12-8-4)41-27-20-18-14-10-6-2/h21-23,34-35,51-54H,5-20,24-33,36-49H2,1-4H3. The monoisotopic (exact) mass is 868 g/mol. The van der Waals surface area contributed by atoms with Crippen LogP contribution >= 0.6 is 0 Å². The van der Waals surface area contributed by atoms with Gasteiger partial charge in [-0.05, 0) is 107 Å². The predicted octanol–water partition coefficient (Wildman–Crippen LogP) is 16.0. The van der Waals surface area contributed by atoms with Crippen LogP contribution in [0.2, 0.25) is 0 Å². The van der Waals surface area contributed by atoms with E-state index in [1.165, 1.54) is 141 Å². The molecule has 0 bridgehead atoms. The first kappa shape index (κ1) is 56.2. The van der Waals surface area contributed by atoms with E-state index in [2.05, 4.69) is 62.9 Å². The fraction of sp³-hybridized carbons (Fsp3) is 0.857. The van der Waals surface area contributed by atoms with Crippen LogP contribution in [-0.4, -0.2) is 56.3 Å². The molecule has 1 heterocycles. The molecule has 4 atom stereocenters. The maximum absolute atomic E-state index is 13.3. The van der Waals surface area contributed by atoms with Crippen LogP contribution in [0.5, 0.6) is 0 Å². The molecule has 0 saturated carbocycles. The molecule has 0 aromatic heterocycles. The summed E-state index contributed by atoms with van der Waals surface area (Å²) in [6.07, 6.45) is 39.1. The Hall–Kier alpha value is -1.92. The number of unbranched alkanes of at least 4 members (excludes halogenated alkanes) is 19. The van der Waals surface area contributed by atoms with Gasteiger partial charge in [-0.1, -0.05) is 186 Å². The van der Waals surface area contributed by atoms with Gasteiger partial charge >= 0.3 is 11.9 Å². The molecule has 1 aromatic carbocycles. The summed E-state index contributed by atoms with van der Waals surface area (Å²) in [7, 11) is 0. The van der Waals surface area contributed by atoms with Gasteiger partial charge in [0.25, 0.3) is 0 Å². The number of hydrogen-bond acceptors (Lipinski definition) is 6. The molecule has 1 aliphatic heterocycles. The minimum Gasteiger partial charge on any atom is -0.465 e. The first-order valence-corrected chi connectivity index (χ1v) is 27.2. The highest BCUT2D eigenvalue weighted by Crippen LogP contribution is 2.30. The van der Waals surface area contributed by atoms with Gasteiger partial charge in [-0.25, -0.2) is 0 Å². The molecular formula is C56H101NO5. The number of nitrogens with zero attached hydrogens (tertiary/aromatic N) is 1. The molecule has 0 aliphatic carbocycles. The van der Waals surface area contributed by atoms with Crippen molar-refractivity contribution < 1.29 is 23.8 Å². The molecule has 4 unspecified atom stereocenters. The zero-order chi connectivity index (χ0) is 44.6. The summed E-state index contributed by atoms with van der Waals surface area (Å²) in [6, 6.07) is 10.5. The Labute approximate surface area is 384 Å². The third kappa shape index (κ3) is 30.3. The lowest BCUT2D eigenvalue weighted by atomic mass is 9.83. The molecule has 62 heavy (non-hydrogen) atoms. The molecule has 0 amide bonds. The van der Waals surface area contributed by atoms with Crippen LogP contribution in [0.4, 0.5) is 0 Å². The Bertz CT molecular complexity index is 1080. The SMILES string of the molecule is CCCCCCCCC(CCCCCC)C(=O)OCCCCC1CC(CCCCOC(=O)C(CCCCCC)CCCCCCCC)CN(CCCCOCc2ccccc2)C1. The van der Waals surface area contributed by atoms with Gasteiger partial charge in [-0.15, -0.1) is 0 Å². The molecular weight excluding hydrogens is 767 g/mol. The largest absolute Gasteiger partial charge is 0.465 e. The van der Waals surface area contributed by atoms with E-state index in [0.29, 0.717) is 31.7 Å². The molecule has 1 aromatic rings. The summed E-state index contributed by atoms with van der Waals surface area (Å²) >= 11 is 0. The number of likely N-dealkylation sites (tertiary alicyclic amines) is 1. The fourth-order valence-electron chi connectivity index (χ4n) is 9.72. The van der Waals surface area contributed by atoms with Crippen LogP contribution in [0.25, 0.3) is 0 Å². The summed E-state index contributed by atoms with van der Waals surface area (Å²) in [4.78, 5) is 29.3. The highest BCUT2D eigenvalue weighted by Gasteiger charge is 2.27. The van der Waals surface area contributed by atoms with E-state index < -0.39 is 0 Å². The molecule has 0 spiro atoms. The van der Waals surface area contributed by atoms with Crippen molar-refractivity contribution in [3.05, 3.63) is 35.9 Å². The highest BCUT2D eigenvalue weighted by molar-refractivity contribution is 5.72. The number of carbonyl (C=O) groups excluding carboxylic acids is 2. The quantitative estimate of drug-likeness (QED) is 0.0481. The third-order valence-electron chi connectivity index (χ3n) is 13.6. The zero-order valence-electron chi connectivity index (χ0n) is 41.5. The fourth-order valence-corrected chi connectivity index (χ4v) is 9.72. The molecule has 1 fully saturated rings. The lowest BCUT2D eigenvalue weighted by molar-refractivity contribution is -0.150. The Morgan fingerprint density at radius 3 is 1.35 bits per heavy atom. The van der Waals surface area contributed by atoms with Gasteiger partial charge in [-0.2, -0.15) is 0 Å². The minimum atomic E-state index is 0.0673. The van der Waals surface area contributed by atoms with Crippen molar-refractivity contribution in [3.63, 3.8) is 0 Å². The smallest absolute Gasteiger partial charge is 0.308 e. The second-order valence-corrected chi connectivity index (χ2v) is 19.5. The van der Waals surface area contributed by atoms with Crippen molar-refractivity contribution in [3.8, 4) is 0 Å². The Morgan fingerprint density at radius 2 is 0.903 bits per heavy atom. The number of piperidine rings is 1. The summed E-state index contributed by atoms with van der Waals surface area (Å²) in [5.74, 6) is 1.67. The Morgan fingerprint density at radius 1 is 0.500 bits per heavy atom. The maximum atomic E-state index is 13.3. The van der Waals surface area contributed by atoms with Crippen LogP contribution in [-0.2, 0) is 30.4 Å². The van der Waals surface area contributed by atoms with Gasteiger partial charge < -0.3 is 19.1 Å². The highest BCUT2D eigenvalue weighted by atomic mass is 16.5. The molecule has 6 nitrogen and oxygen atoms in total. The minimum absolute atomic E-state index is 0.0673. The molecule has 1 aliphatic rings. The zero-order valence-corrected chi connectivity index (χ0v) is 41.5. The predicted molar refractivity (Wildman–Crippen MR) is 263 cm³/mol. The molecule has 6 heteroatoms. The number of rotatable bonds is 43. The van der Waals surface area contributed by atoms with Gasteiger partial charge in [0.05, 0.1) is 31.7 Å². The second kappa shape index (κ2) is 40.6. The van der Waals surface area contributed by atoms with Crippen molar-refractivity contribution in [1.82, 2.24) is 4.90 Å². The van der Waals surface area contributed by atoms with Gasteiger partial charge in [0.2, 0.25) is 0 Å². The maximum Gasteiger partial charge on any atom is 0.308 e. The molecule has 360 valence electrons. The number of hydrogen-bond donors (Lipinski definition) is 0. The lowest BCUT2D eigenvalue weighted by Gasteiger charge is -2.38. The van der Waals surface area contributed by atoms with E-state index in [0.717, 1.165) is 103 Å². The normalized spacial score (nSPS) is 16.6. The average Bonchev–Trinajstić information content (AvgIpc) is 3.28. The Balaban J connectivity index is 1.82. The summed E-state index contributed by atoms with van der Waals surface area (Å²) < 4.78 is 18.0. The number of benzene rings is 1. The Kier molecular flexibility index (Phi) is 36.8. The van der Waals surface area contributed by atoms with Crippen LogP contribution in [0.3, 0.4) is 0 Å². The summed E-state index contributed by atoms with van der Waals surface area (Å²) in [5, 5.41) is 0. The van der Waals surface area contributed by atoms with Gasteiger partial charge in [0.15, 0.2) is 0 Å². The van der Waals surface area contributed by atoms with Crippen molar-refractivity contribution in [1.29, 1.82) is 0 Å². The molecule has 2 rings (SSSR count). The van der Waals surface area contributed by atoms with Crippen molar-refractivity contribution >= 4 is 11.9 Å². The van der Waals surface area contributed by atoms with E-state index >= 15 is 0 Å². The summed E-state index contributed by atoms with van der Waals surface area (Å²) in [5.41, 5.74) is 1.24. The van der Waals surface area contributed by atoms with Crippen molar-refractivity contribution in [2.24, 2.45) is 23.7 Å².